The number of carboxylic acids is 1. The Morgan fingerprint density at radius 3 is 2.58 bits per heavy atom. The van der Waals surface area contributed by atoms with Crippen molar-refractivity contribution in [3.05, 3.63) is 48.0 Å². The molecule has 6 heteroatoms. The molecule has 132 valence electrons. The van der Waals surface area contributed by atoms with Crippen molar-refractivity contribution < 1.29 is 24.1 Å². The summed E-state index contributed by atoms with van der Waals surface area (Å²) in [6.45, 7) is 1.09. The molecule has 0 radical (unpaired) electrons. The summed E-state index contributed by atoms with van der Waals surface area (Å²) in [6.07, 6.45) is 0.775. The highest BCUT2D eigenvalue weighted by Gasteiger charge is 2.19. The van der Waals surface area contributed by atoms with Gasteiger partial charge in [0.05, 0.1) is 37.1 Å². The first kappa shape index (κ1) is 16.2. The number of rotatable bonds is 3. The molecule has 0 atom stereocenters. The molecular formula is C20H17NO5. The van der Waals surface area contributed by atoms with E-state index in [1.54, 1.807) is 25.3 Å². The Morgan fingerprint density at radius 2 is 1.85 bits per heavy atom. The Morgan fingerprint density at radius 1 is 1.12 bits per heavy atom. The Balaban J connectivity index is 1.97. The summed E-state index contributed by atoms with van der Waals surface area (Å²) in [6, 6.07) is 12.4. The van der Waals surface area contributed by atoms with Crippen LogP contribution in [0.3, 0.4) is 0 Å². The molecule has 1 N–H and O–H groups in total. The van der Waals surface area contributed by atoms with Gasteiger partial charge in [0.2, 0.25) is 0 Å². The fourth-order valence-electron chi connectivity index (χ4n) is 3.05. The summed E-state index contributed by atoms with van der Waals surface area (Å²) in [7, 11) is 1.57. The second-order valence-corrected chi connectivity index (χ2v) is 5.93. The first-order chi connectivity index (χ1) is 12.7. The van der Waals surface area contributed by atoms with E-state index in [0.717, 1.165) is 12.0 Å². The Hall–Kier alpha value is -3.28. The predicted molar refractivity (Wildman–Crippen MR) is 96.3 cm³/mol. The first-order valence-corrected chi connectivity index (χ1v) is 8.28. The van der Waals surface area contributed by atoms with Crippen LogP contribution < -0.4 is 14.2 Å². The van der Waals surface area contributed by atoms with Crippen LogP contribution in [-0.2, 0) is 0 Å². The quantitative estimate of drug-likeness (QED) is 0.774. The van der Waals surface area contributed by atoms with Gasteiger partial charge in [0.15, 0.2) is 11.5 Å². The van der Waals surface area contributed by atoms with Crippen molar-refractivity contribution in [3.63, 3.8) is 0 Å². The molecule has 0 saturated carbocycles. The van der Waals surface area contributed by atoms with Gasteiger partial charge in [-0.3, -0.25) is 0 Å². The summed E-state index contributed by atoms with van der Waals surface area (Å²) in [5.41, 5.74) is 1.95. The number of fused-ring (bicyclic) bond motifs is 2. The minimum Gasteiger partial charge on any atom is -0.496 e. The van der Waals surface area contributed by atoms with Gasteiger partial charge in [0.1, 0.15) is 5.75 Å². The normalized spacial score (nSPS) is 13.3. The van der Waals surface area contributed by atoms with Crippen LogP contribution in [0.2, 0.25) is 0 Å². The lowest BCUT2D eigenvalue weighted by molar-refractivity contribution is 0.0699. The van der Waals surface area contributed by atoms with Crippen molar-refractivity contribution >= 4 is 16.9 Å². The molecule has 0 aliphatic carbocycles. The molecule has 0 amide bonds. The van der Waals surface area contributed by atoms with E-state index in [2.05, 4.69) is 4.98 Å². The lowest BCUT2D eigenvalue weighted by Gasteiger charge is -2.13. The number of nitrogens with zero attached hydrogens (tertiary/aromatic N) is 1. The summed E-state index contributed by atoms with van der Waals surface area (Å²) in [4.78, 5) is 16.5. The van der Waals surface area contributed by atoms with Crippen LogP contribution in [-0.4, -0.2) is 36.4 Å². The molecule has 1 aromatic heterocycles. The Labute approximate surface area is 150 Å². The number of hydrogen-bond donors (Lipinski definition) is 1. The van der Waals surface area contributed by atoms with Crippen LogP contribution in [0, 0.1) is 0 Å². The largest absolute Gasteiger partial charge is 0.496 e. The van der Waals surface area contributed by atoms with E-state index in [-0.39, 0.29) is 5.56 Å². The van der Waals surface area contributed by atoms with E-state index in [9.17, 15) is 9.90 Å². The minimum atomic E-state index is -1.02. The molecule has 4 rings (SSSR count). The lowest BCUT2D eigenvalue weighted by atomic mass is 10.0. The number of carboxylic acid groups (broad SMARTS) is 1. The molecule has 6 nitrogen and oxygen atoms in total. The van der Waals surface area contributed by atoms with Crippen molar-refractivity contribution in [1.29, 1.82) is 0 Å². The third-order valence-corrected chi connectivity index (χ3v) is 4.29. The van der Waals surface area contributed by atoms with E-state index in [4.69, 9.17) is 14.2 Å². The number of para-hydroxylation sites is 1. The van der Waals surface area contributed by atoms with Gasteiger partial charge in [-0.1, -0.05) is 12.1 Å². The molecule has 0 fully saturated rings. The number of benzene rings is 2. The standard InChI is InChI=1S/C20H17NO5/c1-24-17-6-3-2-5-12(17)15-9-14(20(22)23)13-10-18-19(11-16(13)21-15)26-8-4-7-25-18/h2-3,5-6,9-11H,4,7-8H2,1H3,(H,22,23). The Bertz CT molecular complexity index is 999. The van der Waals surface area contributed by atoms with Gasteiger partial charge >= 0.3 is 5.97 Å². The average molecular weight is 351 g/mol. The molecule has 26 heavy (non-hydrogen) atoms. The Kier molecular flexibility index (Phi) is 4.08. The fourth-order valence-corrected chi connectivity index (χ4v) is 3.05. The minimum absolute atomic E-state index is 0.159. The summed E-state index contributed by atoms with van der Waals surface area (Å²) >= 11 is 0. The van der Waals surface area contributed by atoms with Gasteiger partial charge in [-0.05, 0) is 24.3 Å². The highest BCUT2D eigenvalue weighted by molar-refractivity contribution is 6.04. The van der Waals surface area contributed by atoms with Crippen LogP contribution in [0.4, 0.5) is 0 Å². The number of hydrogen-bond acceptors (Lipinski definition) is 5. The predicted octanol–water partition coefficient (Wildman–Crippen LogP) is 3.77. The molecule has 2 aromatic carbocycles. The fraction of sp³-hybridized carbons (Fsp3) is 0.200. The number of ether oxygens (including phenoxy) is 3. The van der Waals surface area contributed by atoms with Crippen molar-refractivity contribution in [2.45, 2.75) is 6.42 Å². The van der Waals surface area contributed by atoms with Crippen molar-refractivity contribution in [2.24, 2.45) is 0 Å². The van der Waals surface area contributed by atoms with E-state index < -0.39 is 5.97 Å². The zero-order valence-corrected chi connectivity index (χ0v) is 14.2. The molecule has 0 bridgehead atoms. The van der Waals surface area contributed by atoms with E-state index in [0.29, 0.717) is 47.1 Å². The molecule has 1 aliphatic heterocycles. The molecule has 0 spiro atoms. The number of methoxy groups -OCH3 is 1. The maximum atomic E-state index is 11.9. The van der Waals surface area contributed by atoms with E-state index in [1.807, 2.05) is 24.3 Å². The number of pyridine rings is 1. The molecule has 0 saturated heterocycles. The zero-order chi connectivity index (χ0) is 18.1. The average Bonchev–Trinajstić information content (AvgIpc) is 2.90. The first-order valence-electron chi connectivity index (χ1n) is 8.28. The maximum absolute atomic E-state index is 11.9. The number of carbonyl (C=O) groups is 1. The molecule has 0 unspecified atom stereocenters. The van der Waals surface area contributed by atoms with Gasteiger partial charge in [0, 0.05) is 23.4 Å². The summed E-state index contributed by atoms with van der Waals surface area (Å²) in [5, 5.41) is 10.2. The van der Waals surface area contributed by atoms with Gasteiger partial charge in [-0.15, -0.1) is 0 Å². The second kappa shape index (κ2) is 6.55. The molecular weight excluding hydrogens is 334 g/mol. The monoisotopic (exact) mass is 351 g/mol. The van der Waals surface area contributed by atoms with Crippen LogP contribution in [0.25, 0.3) is 22.2 Å². The van der Waals surface area contributed by atoms with Gasteiger partial charge in [-0.2, -0.15) is 0 Å². The van der Waals surface area contributed by atoms with Crippen LogP contribution in [0.1, 0.15) is 16.8 Å². The van der Waals surface area contributed by atoms with Crippen LogP contribution >= 0.6 is 0 Å². The molecule has 2 heterocycles. The highest BCUT2D eigenvalue weighted by atomic mass is 16.5. The zero-order valence-electron chi connectivity index (χ0n) is 14.2. The SMILES string of the molecule is COc1ccccc1-c1cc(C(=O)O)c2cc3c(cc2n1)OCCCO3. The third-order valence-electron chi connectivity index (χ3n) is 4.29. The highest BCUT2D eigenvalue weighted by Crippen LogP contribution is 2.37. The van der Waals surface area contributed by atoms with E-state index in [1.165, 1.54) is 0 Å². The topological polar surface area (TPSA) is 77.9 Å². The number of aromatic nitrogens is 1. The number of aromatic carboxylic acids is 1. The maximum Gasteiger partial charge on any atom is 0.336 e. The third kappa shape index (κ3) is 2.79. The second-order valence-electron chi connectivity index (χ2n) is 5.93. The molecule has 1 aliphatic rings. The van der Waals surface area contributed by atoms with Gasteiger partial charge in [-0.25, -0.2) is 9.78 Å². The van der Waals surface area contributed by atoms with E-state index >= 15 is 0 Å². The molecule has 3 aromatic rings. The van der Waals surface area contributed by atoms with Crippen LogP contribution in [0.5, 0.6) is 17.2 Å². The van der Waals surface area contributed by atoms with Crippen molar-refractivity contribution in [2.75, 3.05) is 20.3 Å². The van der Waals surface area contributed by atoms with Crippen molar-refractivity contribution in [1.82, 2.24) is 4.98 Å². The summed E-state index contributed by atoms with van der Waals surface area (Å²) in [5.74, 6) is 0.730. The van der Waals surface area contributed by atoms with Gasteiger partial charge < -0.3 is 19.3 Å². The van der Waals surface area contributed by atoms with Crippen molar-refractivity contribution in [3.8, 4) is 28.5 Å². The smallest absolute Gasteiger partial charge is 0.336 e. The lowest BCUT2D eigenvalue weighted by Crippen LogP contribution is -2.02. The van der Waals surface area contributed by atoms with Crippen LogP contribution in [0.15, 0.2) is 42.5 Å². The summed E-state index contributed by atoms with van der Waals surface area (Å²) < 4.78 is 16.8. The van der Waals surface area contributed by atoms with Gasteiger partial charge in [0.25, 0.3) is 0 Å².